The van der Waals surface area contributed by atoms with E-state index in [1.54, 1.807) is 0 Å². The predicted octanol–water partition coefficient (Wildman–Crippen LogP) is 11.4. The fraction of sp³-hybridized carbons (Fsp3) is 0.143. The summed E-state index contributed by atoms with van der Waals surface area (Å²) in [5.74, 6) is 0. The van der Waals surface area contributed by atoms with Gasteiger partial charge in [0.05, 0.1) is 11.4 Å². The van der Waals surface area contributed by atoms with E-state index in [4.69, 9.17) is 0 Å². The first-order valence-corrected chi connectivity index (χ1v) is 15.3. The molecule has 1 heteroatoms. The van der Waals surface area contributed by atoms with Crippen LogP contribution in [0.3, 0.4) is 0 Å². The van der Waals surface area contributed by atoms with Gasteiger partial charge in [-0.05, 0) is 68.8 Å². The molecule has 6 aromatic carbocycles. The van der Waals surface area contributed by atoms with Gasteiger partial charge in [-0.15, -0.1) is 0 Å². The van der Waals surface area contributed by atoms with Gasteiger partial charge in [0.25, 0.3) is 0 Å². The van der Waals surface area contributed by atoms with Gasteiger partial charge >= 0.3 is 0 Å². The lowest BCUT2D eigenvalue weighted by molar-refractivity contribution is 0.660. The van der Waals surface area contributed by atoms with Crippen molar-refractivity contribution in [2.24, 2.45) is 0 Å². The Morgan fingerprint density at radius 3 is 1.30 bits per heavy atom. The summed E-state index contributed by atoms with van der Waals surface area (Å²) >= 11 is 0. The molecule has 2 aliphatic carbocycles. The Labute approximate surface area is 255 Å². The third kappa shape index (κ3) is 3.71. The molecular formula is C42H35N. The summed E-state index contributed by atoms with van der Waals surface area (Å²) < 4.78 is 0. The molecule has 0 bridgehead atoms. The number of nitrogens with zero attached hydrogens (tertiary/aromatic N) is 1. The van der Waals surface area contributed by atoms with Gasteiger partial charge in [0.2, 0.25) is 0 Å². The monoisotopic (exact) mass is 553 g/mol. The van der Waals surface area contributed by atoms with Gasteiger partial charge < -0.3 is 4.90 Å². The lowest BCUT2D eigenvalue weighted by atomic mass is 9.82. The van der Waals surface area contributed by atoms with E-state index in [-0.39, 0.29) is 10.8 Å². The van der Waals surface area contributed by atoms with Crippen LogP contribution >= 0.6 is 0 Å². The molecule has 0 radical (unpaired) electrons. The summed E-state index contributed by atoms with van der Waals surface area (Å²) in [4.78, 5) is 2.52. The Kier molecular flexibility index (Phi) is 5.59. The van der Waals surface area contributed by atoms with Crippen molar-refractivity contribution in [3.63, 3.8) is 0 Å². The number of anilines is 3. The lowest BCUT2D eigenvalue weighted by Gasteiger charge is -2.31. The minimum Gasteiger partial charge on any atom is -0.309 e. The molecule has 0 fully saturated rings. The zero-order valence-corrected chi connectivity index (χ0v) is 25.2. The molecule has 0 aromatic heterocycles. The maximum atomic E-state index is 2.52. The fourth-order valence-electron chi connectivity index (χ4n) is 7.68. The molecule has 1 nitrogen and oxygen atoms in total. The van der Waals surface area contributed by atoms with Crippen LogP contribution in [0.2, 0.25) is 0 Å². The average molecular weight is 554 g/mol. The summed E-state index contributed by atoms with van der Waals surface area (Å²) in [6.07, 6.45) is 0. The molecular weight excluding hydrogens is 518 g/mol. The molecule has 2 aliphatic rings. The summed E-state index contributed by atoms with van der Waals surface area (Å²) in [7, 11) is 0. The van der Waals surface area contributed by atoms with E-state index in [2.05, 4.69) is 172 Å². The highest BCUT2D eigenvalue weighted by molar-refractivity contribution is 6.00. The Balaban J connectivity index is 1.42. The van der Waals surface area contributed by atoms with Crippen molar-refractivity contribution >= 4 is 17.1 Å². The van der Waals surface area contributed by atoms with Crippen molar-refractivity contribution in [2.45, 2.75) is 38.5 Å². The van der Waals surface area contributed by atoms with Crippen LogP contribution in [0, 0.1) is 0 Å². The van der Waals surface area contributed by atoms with Crippen LogP contribution in [0.5, 0.6) is 0 Å². The normalized spacial score (nSPS) is 14.9. The van der Waals surface area contributed by atoms with E-state index in [0.717, 1.165) is 5.69 Å². The maximum Gasteiger partial charge on any atom is 0.0543 e. The second-order valence-corrected chi connectivity index (χ2v) is 13.0. The highest BCUT2D eigenvalue weighted by atomic mass is 15.1. The molecule has 8 rings (SSSR count). The zero-order valence-electron chi connectivity index (χ0n) is 25.2. The third-order valence-corrected chi connectivity index (χ3v) is 9.89. The molecule has 0 amide bonds. The molecule has 0 saturated carbocycles. The van der Waals surface area contributed by atoms with E-state index in [9.17, 15) is 0 Å². The minimum absolute atomic E-state index is 0.0714. The van der Waals surface area contributed by atoms with Crippen molar-refractivity contribution in [2.75, 3.05) is 4.90 Å². The summed E-state index contributed by atoms with van der Waals surface area (Å²) in [6, 6.07) is 51.4. The maximum absolute atomic E-state index is 2.52. The van der Waals surface area contributed by atoms with Gasteiger partial charge in [-0.1, -0.05) is 143 Å². The number of fused-ring (bicyclic) bond motifs is 6. The fourth-order valence-corrected chi connectivity index (χ4v) is 7.68. The third-order valence-electron chi connectivity index (χ3n) is 9.89. The van der Waals surface area contributed by atoms with Gasteiger partial charge in [0.1, 0.15) is 0 Å². The quantitative estimate of drug-likeness (QED) is 0.210. The van der Waals surface area contributed by atoms with Crippen molar-refractivity contribution in [1.29, 1.82) is 0 Å². The highest BCUT2D eigenvalue weighted by Crippen LogP contribution is 2.57. The van der Waals surface area contributed by atoms with Gasteiger partial charge in [-0.3, -0.25) is 0 Å². The number of rotatable bonds is 4. The molecule has 0 atom stereocenters. The molecule has 6 aromatic rings. The van der Waals surface area contributed by atoms with Gasteiger partial charge in [-0.2, -0.15) is 0 Å². The van der Waals surface area contributed by atoms with Crippen LogP contribution in [0.15, 0.2) is 140 Å². The number of benzene rings is 6. The van der Waals surface area contributed by atoms with Gasteiger partial charge in [-0.25, -0.2) is 0 Å². The molecule has 0 N–H and O–H groups in total. The summed E-state index contributed by atoms with van der Waals surface area (Å²) in [5.41, 5.74) is 16.8. The van der Waals surface area contributed by atoms with E-state index in [1.165, 1.54) is 67.0 Å². The highest BCUT2D eigenvalue weighted by Gasteiger charge is 2.40. The van der Waals surface area contributed by atoms with E-state index < -0.39 is 0 Å². The van der Waals surface area contributed by atoms with Gasteiger partial charge in [0.15, 0.2) is 0 Å². The van der Waals surface area contributed by atoms with E-state index in [0.29, 0.717) is 0 Å². The molecule has 0 aliphatic heterocycles. The Bertz CT molecular complexity index is 1900. The van der Waals surface area contributed by atoms with Crippen LogP contribution in [-0.4, -0.2) is 0 Å². The Morgan fingerprint density at radius 2 is 0.791 bits per heavy atom. The molecule has 0 unspecified atom stereocenters. The summed E-state index contributed by atoms with van der Waals surface area (Å²) in [5, 5.41) is 0. The first-order chi connectivity index (χ1) is 20.9. The van der Waals surface area contributed by atoms with Crippen LogP contribution in [0.1, 0.15) is 49.9 Å². The molecule has 208 valence electrons. The van der Waals surface area contributed by atoms with Crippen LogP contribution in [0.4, 0.5) is 17.1 Å². The topological polar surface area (TPSA) is 3.24 Å². The van der Waals surface area contributed by atoms with Crippen molar-refractivity contribution in [3.05, 3.63) is 162 Å². The smallest absolute Gasteiger partial charge is 0.0543 e. The molecule has 0 spiro atoms. The SMILES string of the molecule is CC1(C)c2ccccc2-c2c(N(c3ccc(-c4ccccc4)cc3)c3cccc4c3-c3ccccc3C4(C)C)cccc21. The van der Waals surface area contributed by atoms with Crippen LogP contribution < -0.4 is 4.90 Å². The first kappa shape index (κ1) is 25.8. The molecule has 43 heavy (non-hydrogen) atoms. The first-order valence-electron chi connectivity index (χ1n) is 15.3. The minimum atomic E-state index is -0.0714. The van der Waals surface area contributed by atoms with E-state index in [1.807, 2.05) is 0 Å². The van der Waals surface area contributed by atoms with Crippen LogP contribution in [0.25, 0.3) is 33.4 Å². The lowest BCUT2D eigenvalue weighted by Crippen LogP contribution is -2.17. The van der Waals surface area contributed by atoms with Crippen molar-refractivity contribution < 1.29 is 0 Å². The Morgan fingerprint density at radius 1 is 0.372 bits per heavy atom. The largest absolute Gasteiger partial charge is 0.309 e. The van der Waals surface area contributed by atoms with E-state index >= 15 is 0 Å². The van der Waals surface area contributed by atoms with Gasteiger partial charge in [0, 0.05) is 27.6 Å². The van der Waals surface area contributed by atoms with Crippen LogP contribution in [-0.2, 0) is 10.8 Å². The number of hydrogen-bond donors (Lipinski definition) is 0. The standard InChI is InChI=1S/C42H35N/c1-41(2)33-18-10-8-16-31(33)39-35(41)20-12-22-37(39)43(30-26-24-29(25-27-30)28-14-6-5-7-15-28)38-23-13-21-36-40(38)32-17-9-11-19-34(32)42(36,3)4/h5-27H,1-4H3. The summed E-state index contributed by atoms with van der Waals surface area (Å²) in [6.45, 7) is 9.44. The zero-order chi connectivity index (χ0) is 29.3. The molecule has 0 saturated heterocycles. The molecule has 0 heterocycles. The average Bonchev–Trinajstić information content (AvgIpc) is 3.43. The second kappa shape index (κ2) is 9.31. The van der Waals surface area contributed by atoms with Crippen molar-refractivity contribution in [3.8, 4) is 33.4 Å². The van der Waals surface area contributed by atoms with Crippen molar-refractivity contribution in [1.82, 2.24) is 0 Å². The predicted molar refractivity (Wildman–Crippen MR) is 182 cm³/mol. The Hall–Kier alpha value is -4.88. The number of hydrogen-bond acceptors (Lipinski definition) is 1. The second-order valence-electron chi connectivity index (χ2n) is 13.0.